The van der Waals surface area contributed by atoms with Crippen LogP contribution in [-0.2, 0) is 0 Å². The molecule has 1 aromatic rings. The van der Waals surface area contributed by atoms with E-state index in [-0.39, 0.29) is 24.3 Å². The summed E-state index contributed by atoms with van der Waals surface area (Å²) in [6.07, 6.45) is 2.82. The van der Waals surface area contributed by atoms with Gasteiger partial charge in [-0.15, -0.1) is 12.4 Å². The van der Waals surface area contributed by atoms with Crippen molar-refractivity contribution in [3.63, 3.8) is 0 Å². The molecule has 15 heavy (non-hydrogen) atoms. The molecule has 1 rings (SSSR count). The third-order valence-corrected chi connectivity index (χ3v) is 2.57. The Morgan fingerprint density at radius 2 is 2.13 bits per heavy atom. The van der Waals surface area contributed by atoms with Gasteiger partial charge in [0.05, 0.1) is 0 Å². The lowest BCUT2D eigenvalue weighted by Gasteiger charge is -2.13. The molecule has 0 saturated carbocycles. The Morgan fingerprint density at radius 1 is 1.47 bits per heavy atom. The Kier molecular flexibility index (Phi) is 6.90. The van der Waals surface area contributed by atoms with E-state index in [1.807, 2.05) is 0 Å². The molecule has 86 valence electrons. The molecule has 0 heterocycles. The van der Waals surface area contributed by atoms with Gasteiger partial charge in [0.2, 0.25) is 0 Å². The van der Waals surface area contributed by atoms with Crippen LogP contribution in [0.4, 0.5) is 4.39 Å². The van der Waals surface area contributed by atoms with Crippen molar-refractivity contribution in [3.8, 4) is 0 Å². The first kappa shape index (κ1) is 14.7. The quantitative estimate of drug-likeness (QED) is 0.858. The molecule has 1 atom stereocenters. The minimum atomic E-state index is -0.305. The van der Waals surface area contributed by atoms with E-state index in [1.54, 1.807) is 12.1 Å². The fourth-order valence-corrected chi connectivity index (χ4v) is 1.74. The molecule has 0 bridgehead atoms. The Balaban J connectivity index is 0.00000196. The molecule has 0 saturated heterocycles. The van der Waals surface area contributed by atoms with Crippen molar-refractivity contribution in [1.29, 1.82) is 0 Å². The lowest BCUT2D eigenvalue weighted by Crippen LogP contribution is -2.12. The topological polar surface area (TPSA) is 26.0 Å². The molecule has 4 heteroatoms. The zero-order valence-corrected chi connectivity index (χ0v) is 10.2. The number of hydrogen-bond donors (Lipinski definition) is 1. The first-order valence-electron chi connectivity index (χ1n) is 4.86. The highest BCUT2D eigenvalue weighted by atomic mass is 35.5. The predicted octanol–water partition coefficient (Wildman–Crippen LogP) is 4.09. The van der Waals surface area contributed by atoms with Gasteiger partial charge in [-0.3, -0.25) is 0 Å². The summed E-state index contributed by atoms with van der Waals surface area (Å²) in [6, 6.07) is 4.37. The third kappa shape index (κ3) is 3.98. The summed E-state index contributed by atoms with van der Waals surface area (Å²) < 4.78 is 13.4. The van der Waals surface area contributed by atoms with E-state index in [1.165, 1.54) is 6.07 Å². The van der Waals surface area contributed by atoms with Crippen LogP contribution in [0.5, 0.6) is 0 Å². The van der Waals surface area contributed by atoms with Crippen molar-refractivity contribution in [2.45, 2.75) is 32.2 Å². The van der Waals surface area contributed by atoms with Crippen molar-refractivity contribution in [2.75, 3.05) is 0 Å². The predicted molar refractivity (Wildman–Crippen MR) is 65.1 cm³/mol. The molecule has 0 amide bonds. The zero-order chi connectivity index (χ0) is 10.6. The first-order valence-corrected chi connectivity index (χ1v) is 5.24. The van der Waals surface area contributed by atoms with Crippen LogP contribution in [0.1, 0.15) is 37.8 Å². The van der Waals surface area contributed by atoms with Crippen molar-refractivity contribution < 1.29 is 4.39 Å². The van der Waals surface area contributed by atoms with Crippen molar-refractivity contribution in [1.82, 2.24) is 0 Å². The van der Waals surface area contributed by atoms with Gasteiger partial charge in [-0.1, -0.05) is 37.4 Å². The normalized spacial score (nSPS) is 12.0. The highest BCUT2D eigenvalue weighted by Gasteiger charge is 2.14. The summed E-state index contributed by atoms with van der Waals surface area (Å²) in [5, 5.41) is 0.425. The second kappa shape index (κ2) is 7.04. The third-order valence-electron chi connectivity index (χ3n) is 2.24. The van der Waals surface area contributed by atoms with E-state index in [2.05, 4.69) is 6.92 Å². The van der Waals surface area contributed by atoms with Gasteiger partial charge in [0.15, 0.2) is 0 Å². The number of benzene rings is 1. The van der Waals surface area contributed by atoms with Gasteiger partial charge in [0, 0.05) is 16.6 Å². The second-order valence-electron chi connectivity index (χ2n) is 3.38. The largest absolute Gasteiger partial charge is 0.324 e. The highest BCUT2D eigenvalue weighted by molar-refractivity contribution is 6.31. The minimum Gasteiger partial charge on any atom is -0.324 e. The first-order chi connectivity index (χ1) is 6.66. The second-order valence-corrected chi connectivity index (χ2v) is 3.79. The molecule has 2 N–H and O–H groups in total. The maximum absolute atomic E-state index is 13.4. The molecule has 0 unspecified atom stereocenters. The number of hydrogen-bond acceptors (Lipinski definition) is 1. The molecule has 0 aromatic heterocycles. The fraction of sp³-hybridized carbons (Fsp3) is 0.455. The molecule has 0 radical (unpaired) electrons. The standard InChI is InChI=1S/C11H15ClFN.ClH/c1-2-3-7-10(14)11-8(12)5-4-6-9(11)13;/h4-6,10H,2-3,7,14H2,1H3;1H/t10-;/m1./s1. The van der Waals surface area contributed by atoms with E-state index >= 15 is 0 Å². The monoisotopic (exact) mass is 251 g/mol. The zero-order valence-electron chi connectivity index (χ0n) is 8.67. The van der Waals surface area contributed by atoms with Gasteiger partial charge in [-0.25, -0.2) is 4.39 Å². The number of rotatable bonds is 4. The van der Waals surface area contributed by atoms with Crippen LogP contribution >= 0.6 is 24.0 Å². The van der Waals surface area contributed by atoms with Gasteiger partial charge in [-0.2, -0.15) is 0 Å². The van der Waals surface area contributed by atoms with Gasteiger partial charge >= 0.3 is 0 Å². The smallest absolute Gasteiger partial charge is 0.129 e. The lowest BCUT2D eigenvalue weighted by atomic mass is 10.0. The molecular weight excluding hydrogens is 236 g/mol. The number of nitrogens with two attached hydrogens (primary N) is 1. The van der Waals surface area contributed by atoms with Crippen LogP contribution in [0.3, 0.4) is 0 Å². The summed E-state index contributed by atoms with van der Waals surface area (Å²) in [7, 11) is 0. The van der Waals surface area contributed by atoms with Crippen LogP contribution in [0, 0.1) is 5.82 Å². The summed E-state index contributed by atoms with van der Waals surface area (Å²) in [6.45, 7) is 2.08. The number of halogens is 3. The van der Waals surface area contributed by atoms with E-state index in [4.69, 9.17) is 17.3 Å². The van der Waals surface area contributed by atoms with Gasteiger partial charge in [0.25, 0.3) is 0 Å². The Hall–Kier alpha value is -0.310. The Labute approximate surface area is 101 Å². The van der Waals surface area contributed by atoms with E-state index < -0.39 is 0 Å². The Morgan fingerprint density at radius 3 is 2.67 bits per heavy atom. The summed E-state index contributed by atoms with van der Waals surface area (Å²) >= 11 is 5.88. The van der Waals surface area contributed by atoms with Crippen LogP contribution in [-0.4, -0.2) is 0 Å². The number of unbranched alkanes of at least 4 members (excludes halogenated alkanes) is 1. The maximum atomic E-state index is 13.4. The van der Waals surface area contributed by atoms with Crippen LogP contribution in [0.2, 0.25) is 5.02 Å². The SMILES string of the molecule is CCCC[C@@H](N)c1c(F)cccc1Cl.Cl. The molecule has 0 aliphatic carbocycles. The van der Waals surface area contributed by atoms with Crippen molar-refractivity contribution >= 4 is 24.0 Å². The average Bonchev–Trinajstić information content (AvgIpc) is 2.14. The van der Waals surface area contributed by atoms with Crippen LogP contribution in [0.15, 0.2) is 18.2 Å². The van der Waals surface area contributed by atoms with Gasteiger partial charge in [0.1, 0.15) is 5.82 Å². The van der Waals surface area contributed by atoms with Crippen LogP contribution < -0.4 is 5.73 Å². The molecular formula is C11H16Cl2FN. The molecule has 0 fully saturated rings. The van der Waals surface area contributed by atoms with Crippen molar-refractivity contribution in [3.05, 3.63) is 34.6 Å². The molecule has 1 nitrogen and oxygen atoms in total. The summed E-state index contributed by atoms with van der Waals surface area (Å²) in [4.78, 5) is 0. The fourth-order valence-electron chi connectivity index (χ4n) is 1.43. The van der Waals surface area contributed by atoms with E-state index in [0.717, 1.165) is 19.3 Å². The lowest BCUT2D eigenvalue weighted by molar-refractivity contribution is 0.548. The van der Waals surface area contributed by atoms with Gasteiger partial charge < -0.3 is 5.73 Å². The molecule has 0 aliphatic heterocycles. The maximum Gasteiger partial charge on any atom is 0.129 e. The van der Waals surface area contributed by atoms with E-state index in [0.29, 0.717) is 10.6 Å². The Bertz CT molecular complexity index is 284. The molecule has 0 aliphatic rings. The highest BCUT2D eigenvalue weighted by Crippen LogP contribution is 2.27. The van der Waals surface area contributed by atoms with Crippen molar-refractivity contribution in [2.24, 2.45) is 5.73 Å². The van der Waals surface area contributed by atoms with Crippen LogP contribution in [0.25, 0.3) is 0 Å². The average molecular weight is 252 g/mol. The summed E-state index contributed by atoms with van der Waals surface area (Å²) in [5.41, 5.74) is 6.31. The van der Waals surface area contributed by atoms with Gasteiger partial charge in [-0.05, 0) is 18.6 Å². The molecule has 1 aromatic carbocycles. The summed E-state index contributed by atoms with van der Waals surface area (Å²) in [5.74, 6) is -0.305. The minimum absolute atomic E-state index is 0. The van der Waals surface area contributed by atoms with E-state index in [9.17, 15) is 4.39 Å². The molecule has 0 spiro atoms.